The van der Waals surface area contributed by atoms with Crippen LogP contribution in [-0.4, -0.2) is 15.8 Å². The Bertz CT molecular complexity index is 556. The van der Waals surface area contributed by atoms with E-state index < -0.39 is 0 Å². The SMILES string of the molecule is Cc1nc(-c2nc3c(s2)CCCC3=O)cs1. The standard InChI is InChI=1S/C11H10N2OS2/c1-6-12-7(5-15-6)11-13-10-8(14)3-2-4-9(10)16-11/h5H,2-4H2,1H3. The molecule has 0 fully saturated rings. The lowest BCUT2D eigenvalue weighted by Gasteiger charge is -2.06. The first-order valence-corrected chi connectivity index (χ1v) is 6.89. The normalized spacial score (nSPS) is 15.2. The number of aromatic nitrogens is 2. The number of thiazole rings is 2. The molecular weight excluding hydrogens is 240 g/mol. The first-order valence-electron chi connectivity index (χ1n) is 5.19. The maximum Gasteiger partial charge on any atom is 0.182 e. The summed E-state index contributed by atoms with van der Waals surface area (Å²) in [6, 6.07) is 0. The molecular formula is C11H10N2OS2. The van der Waals surface area contributed by atoms with E-state index in [1.54, 1.807) is 22.7 Å². The number of aryl methyl sites for hydroxylation is 2. The molecule has 0 bridgehead atoms. The number of ketones is 1. The fourth-order valence-corrected chi connectivity index (χ4v) is 3.59. The molecule has 0 amide bonds. The first kappa shape index (κ1) is 10.1. The maximum atomic E-state index is 11.7. The van der Waals surface area contributed by atoms with Crippen molar-refractivity contribution in [2.75, 3.05) is 0 Å². The summed E-state index contributed by atoms with van der Waals surface area (Å²) in [5.41, 5.74) is 1.60. The van der Waals surface area contributed by atoms with Crippen molar-refractivity contribution in [3.05, 3.63) is 21.0 Å². The molecule has 0 N–H and O–H groups in total. The molecule has 0 radical (unpaired) electrons. The zero-order chi connectivity index (χ0) is 11.1. The van der Waals surface area contributed by atoms with Gasteiger partial charge < -0.3 is 0 Å². The van der Waals surface area contributed by atoms with Crippen LogP contribution in [0.5, 0.6) is 0 Å². The van der Waals surface area contributed by atoms with Gasteiger partial charge in [-0.1, -0.05) is 0 Å². The van der Waals surface area contributed by atoms with Gasteiger partial charge in [0.25, 0.3) is 0 Å². The lowest BCUT2D eigenvalue weighted by Crippen LogP contribution is -2.08. The highest BCUT2D eigenvalue weighted by Crippen LogP contribution is 2.32. The third kappa shape index (κ3) is 1.60. The molecule has 0 atom stereocenters. The summed E-state index contributed by atoms with van der Waals surface area (Å²) in [7, 11) is 0. The smallest absolute Gasteiger partial charge is 0.182 e. The van der Waals surface area contributed by atoms with Gasteiger partial charge in [-0.15, -0.1) is 22.7 Å². The Morgan fingerprint density at radius 1 is 1.31 bits per heavy atom. The van der Waals surface area contributed by atoms with Gasteiger partial charge in [0.05, 0.1) is 5.01 Å². The molecule has 0 aliphatic heterocycles. The van der Waals surface area contributed by atoms with E-state index in [0.717, 1.165) is 33.4 Å². The number of carbonyl (C=O) groups is 1. The third-order valence-electron chi connectivity index (χ3n) is 2.61. The zero-order valence-corrected chi connectivity index (χ0v) is 10.5. The first-order chi connectivity index (χ1) is 7.74. The number of nitrogens with zero attached hydrogens (tertiary/aromatic N) is 2. The average molecular weight is 250 g/mol. The summed E-state index contributed by atoms with van der Waals surface area (Å²) >= 11 is 3.23. The van der Waals surface area contributed by atoms with E-state index in [1.165, 1.54) is 0 Å². The van der Waals surface area contributed by atoms with Crippen LogP contribution in [0.4, 0.5) is 0 Å². The largest absolute Gasteiger partial charge is 0.292 e. The molecule has 0 unspecified atom stereocenters. The van der Waals surface area contributed by atoms with Crippen LogP contribution in [0.15, 0.2) is 5.38 Å². The van der Waals surface area contributed by atoms with Gasteiger partial charge in [0.2, 0.25) is 0 Å². The Labute approximate surface area is 101 Å². The maximum absolute atomic E-state index is 11.7. The van der Waals surface area contributed by atoms with Gasteiger partial charge in [0.15, 0.2) is 5.78 Å². The van der Waals surface area contributed by atoms with E-state index in [0.29, 0.717) is 12.1 Å². The predicted octanol–water partition coefficient (Wildman–Crippen LogP) is 3.09. The molecule has 5 heteroatoms. The predicted molar refractivity (Wildman–Crippen MR) is 65.2 cm³/mol. The lowest BCUT2D eigenvalue weighted by atomic mass is 10.0. The van der Waals surface area contributed by atoms with Crippen molar-refractivity contribution in [1.29, 1.82) is 0 Å². The third-order valence-corrected chi connectivity index (χ3v) is 4.52. The molecule has 2 aromatic rings. The molecule has 1 aliphatic carbocycles. The van der Waals surface area contributed by atoms with Gasteiger partial charge in [0, 0.05) is 16.7 Å². The van der Waals surface area contributed by atoms with Crippen molar-refractivity contribution in [3.8, 4) is 10.7 Å². The molecule has 82 valence electrons. The van der Waals surface area contributed by atoms with E-state index in [4.69, 9.17) is 0 Å². The molecule has 0 aromatic carbocycles. The summed E-state index contributed by atoms with van der Waals surface area (Å²) in [5, 5.41) is 3.93. The summed E-state index contributed by atoms with van der Waals surface area (Å²) < 4.78 is 0. The van der Waals surface area contributed by atoms with E-state index in [-0.39, 0.29) is 5.78 Å². The highest BCUT2D eigenvalue weighted by Gasteiger charge is 2.23. The fourth-order valence-electron chi connectivity index (χ4n) is 1.84. The van der Waals surface area contributed by atoms with Gasteiger partial charge in [-0.05, 0) is 19.8 Å². The van der Waals surface area contributed by atoms with Crippen LogP contribution in [0, 0.1) is 6.92 Å². The van der Waals surface area contributed by atoms with Gasteiger partial charge in [0.1, 0.15) is 16.4 Å². The topological polar surface area (TPSA) is 42.9 Å². The van der Waals surface area contributed by atoms with Gasteiger partial charge in [-0.3, -0.25) is 4.79 Å². The van der Waals surface area contributed by atoms with E-state index in [1.807, 2.05) is 12.3 Å². The molecule has 16 heavy (non-hydrogen) atoms. The second-order valence-electron chi connectivity index (χ2n) is 3.82. The van der Waals surface area contributed by atoms with Crippen LogP contribution >= 0.6 is 22.7 Å². The quantitative estimate of drug-likeness (QED) is 0.781. The van der Waals surface area contributed by atoms with Gasteiger partial charge >= 0.3 is 0 Å². The second-order valence-corrected chi connectivity index (χ2v) is 5.97. The minimum absolute atomic E-state index is 0.190. The van der Waals surface area contributed by atoms with E-state index in [2.05, 4.69) is 9.97 Å². The fraction of sp³-hybridized carbons (Fsp3) is 0.364. The summed E-state index contributed by atoms with van der Waals surface area (Å²) in [6.45, 7) is 1.98. The van der Waals surface area contributed by atoms with Crippen LogP contribution in [0.1, 0.15) is 33.2 Å². The Morgan fingerprint density at radius 3 is 2.88 bits per heavy atom. The highest BCUT2D eigenvalue weighted by atomic mass is 32.1. The Morgan fingerprint density at radius 2 is 2.19 bits per heavy atom. The molecule has 1 aliphatic rings. The lowest BCUT2D eigenvalue weighted by molar-refractivity contribution is 0.0968. The van der Waals surface area contributed by atoms with Crippen molar-refractivity contribution in [2.45, 2.75) is 26.2 Å². The average Bonchev–Trinajstić information content (AvgIpc) is 2.84. The number of hydrogen-bond acceptors (Lipinski definition) is 5. The van der Waals surface area contributed by atoms with Crippen molar-refractivity contribution in [3.63, 3.8) is 0 Å². The van der Waals surface area contributed by atoms with E-state index in [9.17, 15) is 4.79 Å². The van der Waals surface area contributed by atoms with Crippen molar-refractivity contribution in [2.24, 2.45) is 0 Å². The molecule has 2 heterocycles. The van der Waals surface area contributed by atoms with Crippen molar-refractivity contribution in [1.82, 2.24) is 9.97 Å². The van der Waals surface area contributed by atoms with Crippen LogP contribution in [0.3, 0.4) is 0 Å². The van der Waals surface area contributed by atoms with Crippen LogP contribution < -0.4 is 0 Å². The molecule has 0 saturated carbocycles. The molecule has 3 rings (SSSR count). The van der Waals surface area contributed by atoms with Gasteiger partial charge in [-0.2, -0.15) is 0 Å². The summed E-state index contributed by atoms with van der Waals surface area (Å²) in [5.74, 6) is 0.190. The summed E-state index contributed by atoms with van der Waals surface area (Å²) in [4.78, 5) is 21.6. The van der Waals surface area contributed by atoms with Crippen LogP contribution in [0.2, 0.25) is 0 Å². The Balaban J connectivity index is 2.07. The second kappa shape index (κ2) is 3.75. The molecule has 0 saturated heterocycles. The number of fused-ring (bicyclic) bond motifs is 1. The Hall–Kier alpha value is -1.07. The van der Waals surface area contributed by atoms with Crippen LogP contribution in [0.25, 0.3) is 10.7 Å². The van der Waals surface area contributed by atoms with Gasteiger partial charge in [-0.25, -0.2) is 9.97 Å². The number of rotatable bonds is 1. The molecule has 0 spiro atoms. The molecule has 2 aromatic heterocycles. The minimum atomic E-state index is 0.190. The Kier molecular flexibility index (Phi) is 2.37. The van der Waals surface area contributed by atoms with E-state index >= 15 is 0 Å². The molecule has 3 nitrogen and oxygen atoms in total. The monoisotopic (exact) mass is 250 g/mol. The summed E-state index contributed by atoms with van der Waals surface area (Å²) in [6.07, 6.45) is 2.59. The minimum Gasteiger partial charge on any atom is -0.292 e. The number of Topliss-reactive ketones (excluding diaryl/α,β-unsaturated/α-hetero) is 1. The van der Waals surface area contributed by atoms with Crippen molar-refractivity contribution < 1.29 is 4.79 Å². The number of hydrogen-bond donors (Lipinski definition) is 0. The van der Waals surface area contributed by atoms with Crippen molar-refractivity contribution >= 4 is 28.5 Å². The highest BCUT2D eigenvalue weighted by molar-refractivity contribution is 7.16. The number of carbonyl (C=O) groups excluding carboxylic acids is 1. The zero-order valence-electron chi connectivity index (χ0n) is 8.82. The van der Waals surface area contributed by atoms with Crippen LogP contribution in [-0.2, 0) is 6.42 Å².